The summed E-state index contributed by atoms with van der Waals surface area (Å²) in [5.74, 6) is 0.0717. The molecule has 1 aliphatic heterocycles. The molecule has 0 saturated carbocycles. The highest BCUT2D eigenvalue weighted by atomic mass is 32.1. The van der Waals surface area contributed by atoms with Crippen LogP contribution in [0.15, 0.2) is 18.3 Å². The van der Waals surface area contributed by atoms with Gasteiger partial charge in [-0.25, -0.2) is 0 Å². The minimum absolute atomic E-state index is 0.0717. The van der Waals surface area contributed by atoms with Crippen LogP contribution >= 0.6 is 11.3 Å². The van der Waals surface area contributed by atoms with Crippen molar-refractivity contribution in [2.75, 3.05) is 18.8 Å². The molecule has 1 fully saturated rings. The molecule has 3 heterocycles. The molecule has 0 radical (unpaired) electrons. The van der Waals surface area contributed by atoms with Gasteiger partial charge >= 0.3 is 0 Å². The average molecular weight is 275 g/mol. The van der Waals surface area contributed by atoms with Crippen LogP contribution in [0.2, 0.25) is 0 Å². The monoisotopic (exact) mass is 275 g/mol. The fourth-order valence-electron chi connectivity index (χ4n) is 2.52. The van der Waals surface area contributed by atoms with Crippen LogP contribution in [0.3, 0.4) is 0 Å². The number of carbonyl (C=O) groups is 1. The topological polar surface area (TPSA) is 59.2 Å². The number of thiophene rings is 1. The Hall–Kier alpha value is -1.62. The molecule has 0 spiro atoms. The lowest BCUT2D eigenvalue weighted by molar-refractivity contribution is 0.0767. The molecule has 19 heavy (non-hydrogen) atoms. The molecule has 100 valence electrons. The number of anilines is 1. The van der Waals surface area contributed by atoms with Crippen molar-refractivity contribution in [1.29, 1.82) is 0 Å². The lowest BCUT2D eigenvalue weighted by atomic mass is 10.2. The Bertz CT molecular complexity index is 600. The minimum atomic E-state index is 0.0717. The van der Waals surface area contributed by atoms with Crippen molar-refractivity contribution in [3.8, 4) is 0 Å². The van der Waals surface area contributed by atoms with Gasteiger partial charge in [0.2, 0.25) is 0 Å². The number of nitrogen functional groups attached to an aromatic ring is 1. The first-order valence-corrected chi connectivity index (χ1v) is 7.51. The molecule has 3 rings (SSSR count). The molecule has 0 aromatic carbocycles. The average Bonchev–Trinajstić information content (AvgIpc) is 2.64. The number of aromatic nitrogens is 1. The molecule has 0 atom stereocenters. The van der Waals surface area contributed by atoms with Gasteiger partial charge in [-0.3, -0.25) is 9.78 Å². The van der Waals surface area contributed by atoms with E-state index in [2.05, 4.69) is 4.98 Å². The predicted molar refractivity (Wildman–Crippen MR) is 78.4 cm³/mol. The molecule has 5 heteroatoms. The molecule has 0 unspecified atom stereocenters. The number of amides is 1. The molecule has 2 aromatic rings. The van der Waals surface area contributed by atoms with Crippen LogP contribution in [0.1, 0.15) is 35.4 Å². The van der Waals surface area contributed by atoms with Crippen molar-refractivity contribution in [3.05, 3.63) is 23.2 Å². The molecule has 1 aliphatic rings. The summed E-state index contributed by atoms with van der Waals surface area (Å²) in [4.78, 5) is 19.4. The third-order valence-electron chi connectivity index (χ3n) is 3.57. The van der Waals surface area contributed by atoms with Gasteiger partial charge < -0.3 is 10.6 Å². The van der Waals surface area contributed by atoms with E-state index in [0.717, 1.165) is 36.1 Å². The molecule has 2 aromatic heterocycles. The van der Waals surface area contributed by atoms with Gasteiger partial charge in [-0.15, -0.1) is 11.3 Å². The number of pyridine rings is 1. The van der Waals surface area contributed by atoms with Crippen LogP contribution in [0.5, 0.6) is 0 Å². The third-order valence-corrected chi connectivity index (χ3v) is 4.72. The summed E-state index contributed by atoms with van der Waals surface area (Å²) in [7, 11) is 0. The first kappa shape index (κ1) is 12.4. The maximum Gasteiger partial charge on any atom is 0.266 e. The van der Waals surface area contributed by atoms with E-state index in [1.165, 1.54) is 24.2 Å². The molecule has 1 saturated heterocycles. The number of hydrogen-bond donors (Lipinski definition) is 1. The van der Waals surface area contributed by atoms with Crippen molar-refractivity contribution < 1.29 is 4.79 Å². The van der Waals surface area contributed by atoms with Gasteiger partial charge in [0.05, 0.1) is 10.4 Å². The second-order valence-electron chi connectivity index (χ2n) is 4.90. The van der Waals surface area contributed by atoms with E-state index in [4.69, 9.17) is 5.73 Å². The summed E-state index contributed by atoms with van der Waals surface area (Å²) in [5.41, 5.74) is 7.38. The van der Waals surface area contributed by atoms with E-state index >= 15 is 0 Å². The van der Waals surface area contributed by atoms with E-state index in [9.17, 15) is 4.79 Å². The van der Waals surface area contributed by atoms with Gasteiger partial charge in [-0.2, -0.15) is 0 Å². The lowest BCUT2D eigenvalue weighted by Gasteiger charge is -2.19. The van der Waals surface area contributed by atoms with Crippen LogP contribution in [-0.2, 0) is 0 Å². The van der Waals surface area contributed by atoms with Crippen LogP contribution in [0.25, 0.3) is 10.2 Å². The summed E-state index contributed by atoms with van der Waals surface area (Å²) >= 11 is 1.45. The van der Waals surface area contributed by atoms with Crippen LogP contribution < -0.4 is 5.73 Å². The van der Waals surface area contributed by atoms with Crippen molar-refractivity contribution in [2.24, 2.45) is 0 Å². The molecule has 2 N–H and O–H groups in total. The highest BCUT2D eigenvalue weighted by Gasteiger charge is 2.23. The number of nitrogens with two attached hydrogens (primary N) is 1. The molecule has 0 bridgehead atoms. The summed E-state index contributed by atoms with van der Waals surface area (Å²) in [6.07, 6.45) is 6.33. The summed E-state index contributed by atoms with van der Waals surface area (Å²) in [6.45, 7) is 1.69. The third kappa shape index (κ3) is 2.30. The van der Waals surface area contributed by atoms with Crippen LogP contribution in [0, 0.1) is 0 Å². The zero-order chi connectivity index (χ0) is 13.2. The van der Waals surface area contributed by atoms with E-state index in [1.54, 1.807) is 6.20 Å². The highest BCUT2D eigenvalue weighted by Crippen LogP contribution is 2.33. The van der Waals surface area contributed by atoms with Crippen LogP contribution in [0.4, 0.5) is 5.69 Å². The summed E-state index contributed by atoms with van der Waals surface area (Å²) in [5, 5.41) is 0. The van der Waals surface area contributed by atoms with Crippen molar-refractivity contribution in [1.82, 2.24) is 9.88 Å². The Labute approximate surface area is 116 Å². The van der Waals surface area contributed by atoms with Gasteiger partial charge in [0.1, 0.15) is 10.4 Å². The number of fused-ring (bicyclic) bond motifs is 1. The lowest BCUT2D eigenvalue weighted by Crippen LogP contribution is -2.31. The number of carbonyl (C=O) groups excluding carboxylic acids is 1. The Balaban J connectivity index is 1.94. The SMILES string of the molecule is Nc1c(C(=O)N2CCCCCC2)sc2cccnc12. The van der Waals surface area contributed by atoms with Gasteiger partial charge in [0, 0.05) is 19.3 Å². The van der Waals surface area contributed by atoms with E-state index < -0.39 is 0 Å². The quantitative estimate of drug-likeness (QED) is 0.870. The fraction of sp³-hybridized carbons (Fsp3) is 0.429. The zero-order valence-electron chi connectivity index (χ0n) is 10.8. The molecular formula is C14H17N3OS. The Morgan fingerprint density at radius 1 is 1.26 bits per heavy atom. The van der Waals surface area contributed by atoms with Crippen molar-refractivity contribution in [3.63, 3.8) is 0 Å². The minimum Gasteiger partial charge on any atom is -0.396 e. The normalized spacial score (nSPS) is 16.5. The van der Waals surface area contributed by atoms with E-state index in [1.807, 2.05) is 17.0 Å². The molecular weight excluding hydrogens is 258 g/mol. The van der Waals surface area contributed by atoms with E-state index in [-0.39, 0.29) is 5.91 Å². The molecule has 0 aliphatic carbocycles. The van der Waals surface area contributed by atoms with E-state index in [0.29, 0.717) is 10.6 Å². The Morgan fingerprint density at radius 2 is 2.00 bits per heavy atom. The van der Waals surface area contributed by atoms with Gasteiger partial charge in [-0.05, 0) is 25.0 Å². The number of likely N-dealkylation sites (tertiary alicyclic amines) is 1. The highest BCUT2D eigenvalue weighted by molar-refractivity contribution is 7.21. The standard InChI is InChI=1S/C14H17N3OS/c15-11-12-10(6-5-7-16-12)19-13(11)14(18)17-8-3-1-2-4-9-17/h5-7H,1-4,8-9,15H2. The van der Waals surface area contributed by atoms with Crippen LogP contribution in [-0.4, -0.2) is 28.9 Å². The summed E-state index contributed by atoms with van der Waals surface area (Å²) < 4.78 is 0.984. The van der Waals surface area contributed by atoms with Gasteiger partial charge in [-0.1, -0.05) is 12.8 Å². The largest absolute Gasteiger partial charge is 0.396 e. The zero-order valence-corrected chi connectivity index (χ0v) is 11.6. The van der Waals surface area contributed by atoms with Gasteiger partial charge in [0.25, 0.3) is 5.91 Å². The maximum absolute atomic E-state index is 12.6. The number of nitrogens with zero attached hydrogens (tertiary/aromatic N) is 2. The Morgan fingerprint density at radius 3 is 2.68 bits per heavy atom. The Kier molecular flexibility index (Phi) is 3.38. The predicted octanol–water partition coefficient (Wildman–Crippen LogP) is 2.89. The maximum atomic E-state index is 12.6. The number of hydrogen-bond acceptors (Lipinski definition) is 4. The fourth-order valence-corrected chi connectivity index (χ4v) is 3.57. The molecule has 1 amide bonds. The van der Waals surface area contributed by atoms with Gasteiger partial charge in [0.15, 0.2) is 0 Å². The smallest absolute Gasteiger partial charge is 0.266 e. The molecule has 4 nitrogen and oxygen atoms in total. The second-order valence-corrected chi connectivity index (χ2v) is 5.95. The second kappa shape index (κ2) is 5.17. The number of rotatable bonds is 1. The van der Waals surface area contributed by atoms with Crippen molar-refractivity contribution >= 4 is 33.1 Å². The van der Waals surface area contributed by atoms with Crippen molar-refractivity contribution in [2.45, 2.75) is 25.7 Å². The summed E-state index contributed by atoms with van der Waals surface area (Å²) in [6, 6.07) is 3.83. The first-order chi connectivity index (χ1) is 9.27. The first-order valence-electron chi connectivity index (χ1n) is 6.69.